The Morgan fingerprint density at radius 3 is 2.45 bits per heavy atom. The lowest BCUT2D eigenvalue weighted by atomic mass is 10.1. The summed E-state index contributed by atoms with van der Waals surface area (Å²) in [6.07, 6.45) is -2.89. The van der Waals surface area contributed by atoms with Crippen LogP contribution in [0.15, 0.2) is 33.8 Å². The second-order valence-corrected chi connectivity index (χ2v) is 6.03. The van der Waals surface area contributed by atoms with Crippen LogP contribution < -0.4 is 15.4 Å². The quantitative estimate of drug-likeness (QED) is 0.306. The zero-order chi connectivity index (χ0) is 20.6. The molecule has 1 aromatic carbocycles. The number of benzene rings is 1. The summed E-state index contributed by atoms with van der Waals surface area (Å²) < 4.78 is 47.5. The number of rotatable bonds is 8. The highest BCUT2D eigenvalue weighted by atomic mass is 127. The van der Waals surface area contributed by atoms with E-state index in [0.717, 1.165) is 29.9 Å². The number of hydrogen-bond donors (Lipinski definition) is 2. The van der Waals surface area contributed by atoms with E-state index in [1.165, 1.54) is 6.07 Å². The fourth-order valence-electron chi connectivity index (χ4n) is 2.66. The molecule has 10 heteroatoms. The molecular formula is C19H26F3IN4O2. The van der Waals surface area contributed by atoms with Gasteiger partial charge in [-0.15, -0.1) is 24.0 Å². The molecule has 0 spiro atoms. The Labute approximate surface area is 185 Å². The molecule has 2 N–H and O–H groups in total. The summed E-state index contributed by atoms with van der Waals surface area (Å²) in [6.45, 7) is 3.42. The summed E-state index contributed by atoms with van der Waals surface area (Å²) in [4.78, 5) is 4.15. The fourth-order valence-corrected chi connectivity index (χ4v) is 2.66. The highest BCUT2D eigenvalue weighted by Crippen LogP contribution is 2.22. The maximum absolute atomic E-state index is 12.4. The first-order valence-corrected chi connectivity index (χ1v) is 9.06. The van der Waals surface area contributed by atoms with Crippen LogP contribution in [0.25, 0.3) is 0 Å². The molecule has 0 atom stereocenters. The standard InChI is InChI=1S/C19H25F3N4O2.HI/c1-4-15-14(16(5-2)28-26-15)11-25-18(23-3)24-10-13-8-6-7-9-17(13)27-12-19(20,21)22;/h6-9H,4-5,10-12H2,1-3H3,(H2,23,24,25);1H. The van der Waals surface area contributed by atoms with Crippen LogP contribution in [0.2, 0.25) is 0 Å². The normalized spacial score (nSPS) is 11.7. The molecule has 0 fully saturated rings. The van der Waals surface area contributed by atoms with E-state index in [-0.39, 0.29) is 36.3 Å². The summed E-state index contributed by atoms with van der Waals surface area (Å²) in [5.74, 6) is 1.52. The summed E-state index contributed by atoms with van der Waals surface area (Å²) >= 11 is 0. The molecule has 0 bridgehead atoms. The predicted molar refractivity (Wildman–Crippen MR) is 116 cm³/mol. The molecule has 2 aromatic rings. The minimum atomic E-state index is -4.38. The van der Waals surface area contributed by atoms with Crippen LogP contribution in [0.1, 0.15) is 36.4 Å². The van der Waals surface area contributed by atoms with Crippen LogP contribution in [0.4, 0.5) is 13.2 Å². The van der Waals surface area contributed by atoms with E-state index in [1.807, 2.05) is 13.8 Å². The number of halogens is 4. The highest BCUT2D eigenvalue weighted by molar-refractivity contribution is 14.0. The van der Waals surface area contributed by atoms with Crippen molar-refractivity contribution in [2.24, 2.45) is 4.99 Å². The first-order chi connectivity index (χ1) is 13.4. The molecule has 162 valence electrons. The minimum Gasteiger partial charge on any atom is -0.484 e. The van der Waals surface area contributed by atoms with Crippen molar-refractivity contribution in [3.05, 3.63) is 46.8 Å². The van der Waals surface area contributed by atoms with Gasteiger partial charge in [0.15, 0.2) is 12.6 Å². The monoisotopic (exact) mass is 526 g/mol. The van der Waals surface area contributed by atoms with E-state index in [4.69, 9.17) is 9.26 Å². The molecule has 0 aliphatic heterocycles. The van der Waals surface area contributed by atoms with Crippen molar-refractivity contribution >= 4 is 29.9 Å². The van der Waals surface area contributed by atoms with E-state index in [9.17, 15) is 13.2 Å². The molecule has 2 rings (SSSR count). The minimum absolute atomic E-state index is 0. The van der Waals surface area contributed by atoms with Gasteiger partial charge < -0.3 is 19.9 Å². The molecule has 29 heavy (non-hydrogen) atoms. The molecule has 0 aliphatic rings. The number of ether oxygens (including phenoxy) is 1. The average molecular weight is 526 g/mol. The summed E-state index contributed by atoms with van der Waals surface area (Å²) in [5, 5.41) is 10.3. The number of guanidine groups is 1. The van der Waals surface area contributed by atoms with E-state index in [1.54, 1.807) is 25.2 Å². The van der Waals surface area contributed by atoms with Crippen molar-refractivity contribution in [1.29, 1.82) is 0 Å². The van der Waals surface area contributed by atoms with Gasteiger partial charge >= 0.3 is 6.18 Å². The SMILES string of the molecule is CCc1noc(CC)c1CNC(=NC)NCc1ccccc1OCC(F)(F)F.I. The van der Waals surface area contributed by atoms with Gasteiger partial charge in [0, 0.05) is 37.7 Å². The third-order valence-electron chi connectivity index (χ3n) is 4.07. The van der Waals surface area contributed by atoms with E-state index >= 15 is 0 Å². The van der Waals surface area contributed by atoms with Crippen molar-refractivity contribution in [2.45, 2.75) is 46.0 Å². The number of aromatic nitrogens is 1. The second kappa shape index (κ2) is 11.9. The highest BCUT2D eigenvalue weighted by Gasteiger charge is 2.28. The number of nitrogens with zero attached hydrogens (tertiary/aromatic N) is 2. The lowest BCUT2D eigenvalue weighted by Gasteiger charge is -2.15. The Hall–Kier alpha value is -1.98. The van der Waals surface area contributed by atoms with Gasteiger partial charge in [-0.25, -0.2) is 0 Å². The molecule has 0 aliphatic carbocycles. The number of para-hydroxylation sites is 1. The van der Waals surface area contributed by atoms with Crippen LogP contribution in [0.5, 0.6) is 5.75 Å². The number of hydrogen-bond acceptors (Lipinski definition) is 4. The molecule has 0 saturated carbocycles. The Morgan fingerprint density at radius 1 is 1.14 bits per heavy atom. The molecule has 1 heterocycles. The Bertz CT molecular complexity index is 773. The molecule has 6 nitrogen and oxygen atoms in total. The smallest absolute Gasteiger partial charge is 0.422 e. The van der Waals surface area contributed by atoms with Crippen LogP contribution in [0.3, 0.4) is 0 Å². The topological polar surface area (TPSA) is 71.7 Å². The molecular weight excluding hydrogens is 500 g/mol. The van der Waals surface area contributed by atoms with Crippen molar-refractivity contribution in [3.63, 3.8) is 0 Å². The Balaban J connectivity index is 0.00000420. The number of nitrogens with one attached hydrogen (secondary N) is 2. The van der Waals surface area contributed by atoms with Gasteiger partial charge in [0.2, 0.25) is 0 Å². The zero-order valence-corrected chi connectivity index (χ0v) is 18.9. The van der Waals surface area contributed by atoms with Crippen LogP contribution in [0, 0.1) is 0 Å². The third-order valence-corrected chi connectivity index (χ3v) is 4.07. The number of aryl methyl sites for hydroxylation is 2. The van der Waals surface area contributed by atoms with Crippen molar-refractivity contribution in [3.8, 4) is 5.75 Å². The zero-order valence-electron chi connectivity index (χ0n) is 16.6. The summed E-state index contributed by atoms with van der Waals surface area (Å²) in [6, 6.07) is 6.59. The fraction of sp³-hybridized carbons (Fsp3) is 0.474. The average Bonchev–Trinajstić information content (AvgIpc) is 3.08. The number of alkyl halides is 3. The maximum Gasteiger partial charge on any atom is 0.422 e. The van der Waals surface area contributed by atoms with Crippen molar-refractivity contribution < 1.29 is 22.4 Å². The first kappa shape index (κ1) is 25.1. The molecule has 0 radical (unpaired) electrons. The van der Waals surface area contributed by atoms with Crippen molar-refractivity contribution in [1.82, 2.24) is 15.8 Å². The summed E-state index contributed by atoms with van der Waals surface area (Å²) in [5.41, 5.74) is 2.50. The van der Waals surface area contributed by atoms with Gasteiger partial charge in [-0.05, 0) is 12.5 Å². The van der Waals surface area contributed by atoms with Gasteiger partial charge in [-0.2, -0.15) is 13.2 Å². The van der Waals surface area contributed by atoms with Crippen LogP contribution in [-0.2, 0) is 25.9 Å². The predicted octanol–water partition coefficient (Wildman–Crippen LogP) is 4.22. The molecule has 1 aromatic heterocycles. The maximum atomic E-state index is 12.4. The van der Waals surface area contributed by atoms with E-state index in [0.29, 0.717) is 18.1 Å². The molecule has 0 amide bonds. The van der Waals surface area contributed by atoms with Crippen LogP contribution >= 0.6 is 24.0 Å². The molecule has 0 unspecified atom stereocenters. The van der Waals surface area contributed by atoms with Crippen molar-refractivity contribution in [2.75, 3.05) is 13.7 Å². The molecule has 0 saturated heterocycles. The largest absolute Gasteiger partial charge is 0.484 e. The second-order valence-electron chi connectivity index (χ2n) is 6.03. The van der Waals surface area contributed by atoms with E-state index in [2.05, 4.69) is 20.8 Å². The third kappa shape index (κ3) is 7.75. The van der Waals surface area contributed by atoms with Gasteiger partial charge in [0.05, 0.1) is 5.69 Å². The Kier molecular flexibility index (Phi) is 10.3. The van der Waals surface area contributed by atoms with Gasteiger partial charge in [-0.3, -0.25) is 4.99 Å². The first-order valence-electron chi connectivity index (χ1n) is 9.06. The lowest BCUT2D eigenvalue weighted by Crippen LogP contribution is -2.36. The lowest BCUT2D eigenvalue weighted by molar-refractivity contribution is -0.153. The van der Waals surface area contributed by atoms with Gasteiger partial charge in [0.1, 0.15) is 11.5 Å². The summed E-state index contributed by atoms with van der Waals surface area (Å²) in [7, 11) is 1.62. The van der Waals surface area contributed by atoms with E-state index < -0.39 is 12.8 Å². The van der Waals surface area contributed by atoms with Gasteiger partial charge in [-0.1, -0.05) is 37.2 Å². The van der Waals surface area contributed by atoms with Gasteiger partial charge in [0.25, 0.3) is 0 Å². The number of aliphatic imine (C=N–C) groups is 1. The van der Waals surface area contributed by atoms with Crippen LogP contribution in [-0.4, -0.2) is 30.9 Å². The Morgan fingerprint density at radius 2 is 1.83 bits per heavy atom.